The molecule has 2 heterocycles. The van der Waals surface area contributed by atoms with E-state index in [0.717, 1.165) is 12.4 Å². The van der Waals surface area contributed by atoms with E-state index in [1.54, 1.807) is 17.5 Å². The van der Waals surface area contributed by atoms with Gasteiger partial charge >= 0.3 is 0 Å². The van der Waals surface area contributed by atoms with Crippen LogP contribution in [0.25, 0.3) is 0 Å². The van der Waals surface area contributed by atoms with Crippen LogP contribution in [0.1, 0.15) is 10.4 Å². The average Bonchev–Trinajstić information content (AvgIpc) is 2.64. The molecular weight excluding hydrogens is 230 g/mol. The smallest absolute Gasteiger partial charge is 0.147 e. The third-order valence-corrected chi connectivity index (χ3v) is 3.10. The molecule has 0 aliphatic rings. The molecule has 0 aromatic carbocycles. The minimum Gasteiger partial charge on any atom is -0.364 e. The Morgan fingerprint density at radius 1 is 1.40 bits per heavy atom. The maximum Gasteiger partial charge on any atom is 0.147 e. The Morgan fingerprint density at radius 3 is 2.87 bits per heavy atom. The van der Waals surface area contributed by atoms with Gasteiger partial charge in [0.25, 0.3) is 0 Å². The Kier molecular flexibility index (Phi) is 3.18. The van der Waals surface area contributed by atoms with Gasteiger partial charge in [0.15, 0.2) is 0 Å². The highest BCUT2D eigenvalue weighted by Gasteiger charge is 1.98. The molecule has 0 spiro atoms. The van der Waals surface area contributed by atoms with Gasteiger partial charge in [-0.2, -0.15) is 0 Å². The summed E-state index contributed by atoms with van der Waals surface area (Å²) in [6.45, 7) is 2.86. The van der Waals surface area contributed by atoms with Gasteiger partial charge in [0.05, 0.1) is 18.9 Å². The van der Waals surface area contributed by atoms with Crippen molar-refractivity contribution in [2.75, 3.05) is 5.32 Å². The molecule has 0 saturated heterocycles. The van der Waals surface area contributed by atoms with E-state index in [1.807, 2.05) is 0 Å². The van der Waals surface area contributed by atoms with E-state index >= 15 is 0 Å². The monoisotopic (exact) mass is 239 g/mol. The van der Waals surface area contributed by atoms with Crippen LogP contribution in [0.3, 0.4) is 0 Å². The van der Waals surface area contributed by atoms with E-state index in [9.17, 15) is 0 Å². The molecule has 0 fully saturated rings. The van der Waals surface area contributed by atoms with Crippen LogP contribution in [0.4, 0.5) is 5.82 Å². The van der Waals surface area contributed by atoms with E-state index in [4.69, 9.17) is 11.6 Å². The predicted molar refractivity (Wildman–Crippen MR) is 63.4 cm³/mol. The summed E-state index contributed by atoms with van der Waals surface area (Å²) in [5.41, 5.74) is 1.29. The summed E-state index contributed by atoms with van der Waals surface area (Å²) in [4.78, 5) is 9.32. The normalized spacial score (nSPS) is 10.3. The molecule has 15 heavy (non-hydrogen) atoms. The van der Waals surface area contributed by atoms with Crippen LogP contribution < -0.4 is 5.32 Å². The number of rotatable bonds is 3. The molecule has 0 bridgehead atoms. The first kappa shape index (κ1) is 10.4. The second-order valence-electron chi connectivity index (χ2n) is 3.17. The number of anilines is 1. The number of aryl methyl sites for hydroxylation is 1. The predicted octanol–water partition coefficient (Wildman–Crippen LogP) is 3.11. The first-order valence-electron chi connectivity index (χ1n) is 4.49. The molecule has 3 nitrogen and oxygen atoms in total. The summed E-state index contributed by atoms with van der Waals surface area (Å²) in [6, 6.07) is 2.15. The van der Waals surface area contributed by atoms with E-state index in [0.29, 0.717) is 5.15 Å². The molecule has 0 radical (unpaired) electrons. The zero-order valence-electron chi connectivity index (χ0n) is 8.20. The molecule has 2 aromatic heterocycles. The van der Waals surface area contributed by atoms with Crippen molar-refractivity contribution in [1.29, 1.82) is 0 Å². The van der Waals surface area contributed by atoms with Gasteiger partial charge in [-0.25, -0.2) is 9.97 Å². The van der Waals surface area contributed by atoms with Crippen molar-refractivity contribution in [3.05, 3.63) is 39.4 Å². The molecule has 2 rings (SSSR count). The van der Waals surface area contributed by atoms with Gasteiger partial charge in [-0.3, -0.25) is 0 Å². The summed E-state index contributed by atoms with van der Waals surface area (Å²) < 4.78 is 0. The van der Waals surface area contributed by atoms with Crippen LogP contribution >= 0.6 is 22.9 Å². The third-order valence-electron chi connectivity index (χ3n) is 1.85. The van der Waals surface area contributed by atoms with Crippen molar-refractivity contribution in [3.8, 4) is 0 Å². The molecule has 0 unspecified atom stereocenters. The van der Waals surface area contributed by atoms with Crippen LogP contribution in [0, 0.1) is 6.92 Å². The summed E-state index contributed by atoms with van der Waals surface area (Å²) >= 11 is 7.37. The van der Waals surface area contributed by atoms with Crippen LogP contribution in [0.2, 0.25) is 5.15 Å². The molecular formula is C10H10ClN3S. The molecule has 0 aliphatic heterocycles. The molecule has 0 saturated carbocycles. The average molecular weight is 240 g/mol. The minimum absolute atomic E-state index is 0.410. The summed E-state index contributed by atoms with van der Waals surface area (Å²) in [7, 11) is 0. The number of nitrogens with zero attached hydrogens (tertiary/aromatic N) is 2. The molecule has 0 amide bonds. The lowest BCUT2D eigenvalue weighted by molar-refractivity contribution is 1.11. The molecule has 0 atom stereocenters. The number of hydrogen-bond donors (Lipinski definition) is 1. The van der Waals surface area contributed by atoms with Crippen molar-refractivity contribution < 1.29 is 0 Å². The van der Waals surface area contributed by atoms with E-state index in [-0.39, 0.29) is 0 Å². The number of nitrogens with one attached hydrogen (secondary N) is 1. The fourth-order valence-electron chi connectivity index (χ4n) is 1.16. The van der Waals surface area contributed by atoms with Gasteiger partial charge in [0.2, 0.25) is 0 Å². The zero-order valence-corrected chi connectivity index (χ0v) is 9.77. The van der Waals surface area contributed by atoms with Crippen molar-refractivity contribution in [2.45, 2.75) is 13.5 Å². The standard InChI is InChI=1S/C10H10ClN3S/c1-7-2-8(15-6-7)3-13-10-5-12-9(11)4-14-10/h2,4-6H,3H2,1H3,(H,13,14). The van der Waals surface area contributed by atoms with Crippen molar-refractivity contribution in [3.63, 3.8) is 0 Å². The van der Waals surface area contributed by atoms with Crippen molar-refractivity contribution in [2.24, 2.45) is 0 Å². The molecule has 0 aliphatic carbocycles. The number of aromatic nitrogens is 2. The summed E-state index contributed by atoms with van der Waals surface area (Å²) in [5, 5.41) is 5.72. The van der Waals surface area contributed by atoms with Gasteiger partial charge in [0.1, 0.15) is 11.0 Å². The van der Waals surface area contributed by atoms with Crippen LogP contribution in [-0.2, 0) is 6.54 Å². The highest BCUT2D eigenvalue weighted by molar-refractivity contribution is 7.10. The fraction of sp³-hybridized carbons (Fsp3) is 0.200. The topological polar surface area (TPSA) is 37.8 Å². The second kappa shape index (κ2) is 4.59. The van der Waals surface area contributed by atoms with E-state index in [1.165, 1.54) is 16.6 Å². The number of halogens is 1. The second-order valence-corrected chi connectivity index (χ2v) is 4.55. The van der Waals surface area contributed by atoms with Gasteiger partial charge in [-0.05, 0) is 23.9 Å². The number of thiophene rings is 1. The Labute approximate surface area is 97.2 Å². The van der Waals surface area contributed by atoms with Crippen molar-refractivity contribution in [1.82, 2.24) is 9.97 Å². The van der Waals surface area contributed by atoms with Gasteiger partial charge in [-0.1, -0.05) is 11.6 Å². The molecule has 78 valence electrons. The SMILES string of the molecule is Cc1csc(CNc2cnc(Cl)cn2)c1. The Hall–Kier alpha value is -1.13. The van der Waals surface area contributed by atoms with Crippen LogP contribution in [-0.4, -0.2) is 9.97 Å². The first-order valence-corrected chi connectivity index (χ1v) is 5.75. The highest BCUT2D eigenvalue weighted by Crippen LogP contribution is 2.15. The Balaban J connectivity index is 1.96. The molecule has 1 N–H and O–H groups in total. The third kappa shape index (κ3) is 2.91. The maximum atomic E-state index is 5.63. The van der Waals surface area contributed by atoms with Crippen molar-refractivity contribution >= 4 is 28.8 Å². The van der Waals surface area contributed by atoms with E-state index < -0.39 is 0 Å². The first-order chi connectivity index (χ1) is 7.24. The molecule has 5 heteroatoms. The lowest BCUT2D eigenvalue weighted by atomic mass is 10.3. The van der Waals surface area contributed by atoms with E-state index in [2.05, 4.69) is 33.7 Å². The quantitative estimate of drug-likeness (QED) is 0.895. The number of hydrogen-bond acceptors (Lipinski definition) is 4. The maximum absolute atomic E-state index is 5.63. The minimum atomic E-state index is 0.410. The fourth-order valence-corrected chi connectivity index (χ4v) is 2.08. The lowest BCUT2D eigenvalue weighted by Gasteiger charge is -2.02. The van der Waals surface area contributed by atoms with Gasteiger partial charge in [0, 0.05) is 4.88 Å². The Bertz CT molecular complexity index is 438. The summed E-state index contributed by atoms with van der Waals surface area (Å²) in [5.74, 6) is 0.741. The largest absolute Gasteiger partial charge is 0.364 e. The van der Waals surface area contributed by atoms with Gasteiger partial charge < -0.3 is 5.32 Å². The summed E-state index contributed by atoms with van der Waals surface area (Å²) in [6.07, 6.45) is 3.16. The zero-order chi connectivity index (χ0) is 10.7. The van der Waals surface area contributed by atoms with Gasteiger partial charge in [-0.15, -0.1) is 11.3 Å². The molecule has 2 aromatic rings. The lowest BCUT2D eigenvalue weighted by Crippen LogP contribution is -1.99. The highest BCUT2D eigenvalue weighted by atomic mass is 35.5. The Morgan fingerprint density at radius 2 is 2.27 bits per heavy atom. The van der Waals surface area contributed by atoms with Crippen LogP contribution in [0.5, 0.6) is 0 Å². The van der Waals surface area contributed by atoms with Crippen LogP contribution in [0.15, 0.2) is 23.8 Å².